The number of benzene rings is 1. The molecule has 0 spiro atoms. The molecule has 16 heavy (non-hydrogen) atoms. The maximum atomic E-state index is 11.1. The lowest BCUT2D eigenvalue weighted by molar-refractivity contribution is 0.112. The molecule has 0 radical (unpaired) electrons. The summed E-state index contributed by atoms with van der Waals surface area (Å²) in [5.41, 5.74) is 2.65. The van der Waals surface area contributed by atoms with Gasteiger partial charge in [-0.05, 0) is 31.0 Å². The summed E-state index contributed by atoms with van der Waals surface area (Å²) < 4.78 is 5.38. The molecule has 1 fully saturated rings. The van der Waals surface area contributed by atoms with Gasteiger partial charge in [0.25, 0.3) is 0 Å². The van der Waals surface area contributed by atoms with Crippen molar-refractivity contribution in [2.75, 3.05) is 18.0 Å². The van der Waals surface area contributed by atoms with E-state index in [1.807, 2.05) is 18.2 Å². The van der Waals surface area contributed by atoms with Crippen molar-refractivity contribution in [1.29, 1.82) is 0 Å². The SMILES string of the molecule is O=Cc1ccc2occc2c1N1CCCC1. The highest BCUT2D eigenvalue weighted by Crippen LogP contribution is 2.32. The molecular formula is C13H13NO2. The van der Waals surface area contributed by atoms with Crippen molar-refractivity contribution in [3.63, 3.8) is 0 Å². The molecule has 1 aromatic carbocycles. The predicted octanol–water partition coefficient (Wildman–Crippen LogP) is 2.85. The molecule has 0 atom stereocenters. The summed E-state index contributed by atoms with van der Waals surface area (Å²) in [7, 11) is 0. The van der Waals surface area contributed by atoms with E-state index in [-0.39, 0.29) is 0 Å². The summed E-state index contributed by atoms with van der Waals surface area (Å²) in [6.07, 6.45) is 5.01. The van der Waals surface area contributed by atoms with Crippen molar-refractivity contribution >= 4 is 22.9 Å². The van der Waals surface area contributed by atoms with Crippen molar-refractivity contribution in [1.82, 2.24) is 0 Å². The van der Waals surface area contributed by atoms with E-state index in [9.17, 15) is 4.79 Å². The fraction of sp³-hybridized carbons (Fsp3) is 0.308. The van der Waals surface area contributed by atoms with Crippen LogP contribution >= 0.6 is 0 Å². The molecule has 2 aromatic rings. The average molecular weight is 215 g/mol. The Balaban J connectivity index is 2.23. The number of hydrogen-bond donors (Lipinski definition) is 0. The molecule has 1 saturated heterocycles. The zero-order chi connectivity index (χ0) is 11.0. The molecule has 3 rings (SSSR count). The Morgan fingerprint density at radius 2 is 2.00 bits per heavy atom. The number of furan rings is 1. The first-order valence-corrected chi connectivity index (χ1v) is 5.60. The standard InChI is InChI=1S/C13H13NO2/c15-9-10-3-4-12-11(5-8-16-12)13(10)14-6-1-2-7-14/h3-5,8-9H,1-2,6-7H2. The molecule has 0 saturated carbocycles. The quantitative estimate of drug-likeness (QED) is 0.722. The van der Waals surface area contributed by atoms with Crippen molar-refractivity contribution in [3.05, 3.63) is 30.0 Å². The molecule has 0 aliphatic carbocycles. The number of carbonyl (C=O) groups is 1. The molecule has 1 aliphatic rings. The Bertz CT molecular complexity index is 524. The Kier molecular flexibility index (Phi) is 2.17. The monoisotopic (exact) mass is 215 g/mol. The normalized spacial score (nSPS) is 15.9. The molecule has 1 aromatic heterocycles. The van der Waals surface area contributed by atoms with Gasteiger partial charge in [0.2, 0.25) is 0 Å². The lowest BCUT2D eigenvalue weighted by Gasteiger charge is -2.20. The smallest absolute Gasteiger partial charge is 0.152 e. The van der Waals surface area contributed by atoms with Gasteiger partial charge in [0.05, 0.1) is 12.0 Å². The Morgan fingerprint density at radius 1 is 1.19 bits per heavy atom. The van der Waals surface area contributed by atoms with Crippen LogP contribution in [0.4, 0.5) is 5.69 Å². The fourth-order valence-electron chi connectivity index (χ4n) is 2.43. The van der Waals surface area contributed by atoms with Gasteiger partial charge in [0.15, 0.2) is 6.29 Å². The first kappa shape index (κ1) is 9.46. The van der Waals surface area contributed by atoms with Crippen LogP contribution in [-0.4, -0.2) is 19.4 Å². The molecule has 0 unspecified atom stereocenters. The van der Waals surface area contributed by atoms with E-state index in [0.29, 0.717) is 0 Å². The second-order valence-electron chi connectivity index (χ2n) is 4.15. The highest BCUT2D eigenvalue weighted by Gasteiger charge is 2.19. The van der Waals surface area contributed by atoms with E-state index in [4.69, 9.17) is 4.42 Å². The van der Waals surface area contributed by atoms with Gasteiger partial charge in [-0.3, -0.25) is 4.79 Å². The average Bonchev–Trinajstić information content (AvgIpc) is 2.98. The van der Waals surface area contributed by atoms with Gasteiger partial charge in [-0.1, -0.05) is 0 Å². The molecule has 0 bridgehead atoms. The zero-order valence-corrected chi connectivity index (χ0v) is 8.98. The lowest BCUT2D eigenvalue weighted by atomic mass is 10.1. The second kappa shape index (κ2) is 3.67. The van der Waals surface area contributed by atoms with Gasteiger partial charge >= 0.3 is 0 Å². The first-order valence-electron chi connectivity index (χ1n) is 5.60. The minimum atomic E-state index is 0.760. The van der Waals surface area contributed by atoms with Gasteiger partial charge in [-0.2, -0.15) is 0 Å². The van der Waals surface area contributed by atoms with Crippen molar-refractivity contribution in [2.24, 2.45) is 0 Å². The molecule has 3 heteroatoms. The largest absolute Gasteiger partial charge is 0.464 e. The van der Waals surface area contributed by atoms with Gasteiger partial charge in [0.1, 0.15) is 5.58 Å². The third-order valence-corrected chi connectivity index (χ3v) is 3.19. The minimum absolute atomic E-state index is 0.760. The van der Waals surface area contributed by atoms with Gasteiger partial charge < -0.3 is 9.32 Å². The highest BCUT2D eigenvalue weighted by molar-refractivity contribution is 6.00. The summed E-state index contributed by atoms with van der Waals surface area (Å²) in [4.78, 5) is 13.4. The van der Waals surface area contributed by atoms with E-state index >= 15 is 0 Å². The number of aldehydes is 1. The molecule has 2 heterocycles. The second-order valence-corrected chi connectivity index (χ2v) is 4.15. The number of anilines is 1. The lowest BCUT2D eigenvalue weighted by Crippen LogP contribution is -2.19. The van der Waals surface area contributed by atoms with Crippen LogP contribution < -0.4 is 4.90 Å². The third-order valence-electron chi connectivity index (χ3n) is 3.19. The van der Waals surface area contributed by atoms with E-state index in [2.05, 4.69) is 4.90 Å². The Morgan fingerprint density at radius 3 is 2.75 bits per heavy atom. The molecule has 0 amide bonds. The van der Waals surface area contributed by atoms with Gasteiger partial charge in [-0.15, -0.1) is 0 Å². The maximum absolute atomic E-state index is 11.1. The predicted molar refractivity (Wildman–Crippen MR) is 63.0 cm³/mol. The number of rotatable bonds is 2. The molecule has 82 valence electrons. The van der Waals surface area contributed by atoms with Crippen LogP contribution in [0.15, 0.2) is 28.9 Å². The fourth-order valence-corrected chi connectivity index (χ4v) is 2.43. The van der Waals surface area contributed by atoms with Crippen molar-refractivity contribution < 1.29 is 9.21 Å². The zero-order valence-electron chi connectivity index (χ0n) is 8.98. The van der Waals surface area contributed by atoms with E-state index < -0.39 is 0 Å². The summed E-state index contributed by atoms with van der Waals surface area (Å²) in [6.45, 7) is 2.07. The van der Waals surface area contributed by atoms with E-state index in [0.717, 1.165) is 41.6 Å². The summed E-state index contributed by atoms with van der Waals surface area (Å²) in [5.74, 6) is 0. The minimum Gasteiger partial charge on any atom is -0.464 e. The van der Waals surface area contributed by atoms with Crippen molar-refractivity contribution in [3.8, 4) is 0 Å². The highest BCUT2D eigenvalue weighted by atomic mass is 16.3. The van der Waals surface area contributed by atoms with Gasteiger partial charge in [0, 0.05) is 24.0 Å². The Labute approximate surface area is 93.6 Å². The van der Waals surface area contributed by atoms with Crippen LogP contribution in [-0.2, 0) is 0 Å². The molecular weight excluding hydrogens is 202 g/mol. The van der Waals surface area contributed by atoms with Crippen LogP contribution in [0.2, 0.25) is 0 Å². The van der Waals surface area contributed by atoms with Crippen LogP contribution in [0.5, 0.6) is 0 Å². The van der Waals surface area contributed by atoms with Crippen LogP contribution in [0.1, 0.15) is 23.2 Å². The number of hydrogen-bond acceptors (Lipinski definition) is 3. The topological polar surface area (TPSA) is 33.5 Å². The molecule has 1 aliphatic heterocycles. The maximum Gasteiger partial charge on any atom is 0.152 e. The van der Waals surface area contributed by atoms with Crippen LogP contribution in [0, 0.1) is 0 Å². The molecule has 3 nitrogen and oxygen atoms in total. The van der Waals surface area contributed by atoms with Crippen molar-refractivity contribution in [2.45, 2.75) is 12.8 Å². The number of fused-ring (bicyclic) bond motifs is 1. The summed E-state index contributed by atoms with van der Waals surface area (Å²) in [6, 6.07) is 5.64. The number of carbonyl (C=O) groups excluding carboxylic acids is 1. The van der Waals surface area contributed by atoms with Crippen LogP contribution in [0.25, 0.3) is 11.0 Å². The van der Waals surface area contributed by atoms with E-state index in [1.165, 1.54) is 12.8 Å². The van der Waals surface area contributed by atoms with Gasteiger partial charge in [-0.25, -0.2) is 0 Å². The van der Waals surface area contributed by atoms with E-state index in [1.54, 1.807) is 6.26 Å². The summed E-state index contributed by atoms with van der Waals surface area (Å²) >= 11 is 0. The number of nitrogens with zero attached hydrogens (tertiary/aromatic N) is 1. The molecule has 0 N–H and O–H groups in total. The van der Waals surface area contributed by atoms with Crippen LogP contribution in [0.3, 0.4) is 0 Å². The first-order chi connectivity index (χ1) is 7.90. The third kappa shape index (κ3) is 1.32. The Hall–Kier alpha value is -1.77. The summed E-state index contributed by atoms with van der Waals surface area (Å²) in [5, 5.41) is 1.05.